The number of Topliss-reactive ketones (excluding diaryl/α,β-unsaturated/α-hetero) is 1. The van der Waals surface area contributed by atoms with Gasteiger partial charge in [-0.15, -0.1) is 17.0 Å². The summed E-state index contributed by atoms with van der Waals surface area (Å²) in [6, 6.07) is 2.94. The number of rotatable bonds is 3. The molecule has 6 heteroatoms. The van der Waals surface area contributed by atoms with Crippen molar-refractivity contribution in [3.63, 3.8) is 0 Å². The number of halogens is 2. The van der Waals surface area contributed by atoms with Crippen molar-refractivity contribution in [2.24, 2.45) is 0 Å². The highest BCUT2D eigenvalue weighted by Gasteiger charge is 2.23. The van der Waals surface area contributed by atoms with Gasteiger partial charge in [0.2, 0.25) is 0 Å². The zero-order chi connectivity index (χ0) is 9.84. The standard InChI is InChI=1S/C8H6BrNO3.BrH/c9-6(8(12)13)7(11)5-1-3-10-4-2-5;/h1-4,6H,(H,12,13);1H. The normalized spacial score (nSPS) is 11.2. The topological polar surface area (TPSA) is 67.3 Å². The van der Waals surface area contributed by atoms with Gasteiger partial charge >= 0.3 is 5.97 Å². The molecule has 1 aromatic heterocycles. The Labute approximate surface area is 99.2 Å². The molecular weight excluding hydrogens is 318 g/mol. The van der Waals surface area contributed by atoms with Gasteiger partial charge in [-0.05, 0) is 12.1 Å². The third-order valence-electron chi connectivity index (χ3n) is 1.41. The molecule has 1 rings (SSSR count). The second-order valence-electron chi connectivity index (χ2n) is 2.30. The van der Waals surface area contributed by atoms with Crippen molar-refractivity contribution in [1.82, 2.24) is 4.98 Å². The summed E-state index contributed by atoms with van der Waals surface area (Å²) in [4.78, 5) is 24.3. The fourth-order valence-electron chi connectivity index (χ4n) is 0.775. The van der Waals surface area contributed by atoms with Gasteiger partial charge in [0.05, 0.1) is 0 Å². The van der Waals surface area contributed by atoms with Crippen molar-refractivity contribution in [2.75, 3.05) is 0 Å². The van der Waals surface area contributed by atoms with Crippen LogP contribution in [0.25, 0.3) is 0 Å². The number of hydrogen-bond donors (Lipinski definition) is 1. The average molecular weight is 325 g/mol. The van der Waals surface area contributed by atoms with E-state index in [1.807, 2.05) is 0 Å². The van der Waals surface area contributed by atoms with E-state index in [4.69, 9.17) is 5.11 Å². The number of ketones is 1. The Morgan fingerprint density at radius 2 is 1.86 bits per heavy atom. The SMILES string of the molecule is Br.O=C(O)C(Br)C(=O)c1ccncc1. The van der Waals surface area contributed by atoms with E-state index >= 15 is 0 Å². The highest BCUT2D eigenvalue weighted by Crippen LogP contribution is 2.09. The van der Waals surface area contributed by atoms with Crippen LogP contribution in [0.5, 0.6) is 0 Å². The number of pyridine rings is 1. The van der Waals surface area contributed by atoms with Gasteiger partial charge in [-0.3, -0.25) is 14.6 Å². The van der Waals surface area contributed by atoms with Crippen LogP contribution in [0.4, 0.5) is 0 Å². The number of carboxylic acid groups (broad SMARTS) is 1. The lowest BCUT2D eigenvalue weighted by Crippen LogP contribution is -2.23. The predicted molar refractivity (Wildman–Crippen MR) is 59.2 cm³/mol. The maximum Gasteiger partial charge on any atom is 0.325 e. The Morgan fingerprint density at radius 1 is 1.36 bits per heavy atom. The summed E-state index contributed by atoms with van der Waals surface area (Å²) in [5.74, 6) is -1.67. The van der Waals surface area contributed by atoms with Crippen LogP contribution in [-0.4, -0.2) is 26.7 Å². The molecule has 0 bridgehead atoms. The largest absolute Gasteiger partial charge is 0.480 e. The minimum Gasteiger partial charge on any atom is -0.480 e. The number of nitrogens with zero attached hydrogens (tertiary/aromatic N) is 1. The van der Waals surface area contributed by atoms with Crippen molar-refractivity contribution in [3.05, 3.63) is 30.1 Å². The van der Waals surface area contributed by atoms with E-state index in [9.17, 15) is 9.59 Å². The lowest BCUT2D eigenvalue weighted by atomic mass is 10.1. The number of carbonyl (C=O) groups is 2. The summed E-state index contributed by atoms with van der Waals surface area (Å²) in [7, 11) is 0. The molecule has 1 aromatic rings. The molecule has 0 aliphatic heterocycles. The van der Waals surface area contributed by atoms with E-state index in [0.29, 0.717) is 5.56 Å². The lowest BCUT2D eigenvalue weighted by molar-refractivity contribution is -0.135. The third-order valence-corrected chi connectivity index (χ3v) is 2.22. The van der Waals surface area contributed by atoms with Crippen LogP contribution in [0.2, 0.25) is 0 Å². The molecule has 0 aliphatic carbocycles. The van der Waals surface area contributed by atoms with E-state index in [-0.39, 0.29) is 17.0 Å². The Balaban J connectivity index is 0.00000169. The maximum absolute atomic E-state index is 11.3. The molecule has 0 amide bonds. The molecule has 0 radical (unpaired) electrons. The zero-order valence-corrected chi connectivity index (χ0v) is 10.2. The number of aromatic nitrogens is 1. The van der Waals surface area contributed by atoms with Gasteiger partial charge in [-0.1, -0.05) is 15.9 Å². The summed E-state index contributed by atoms with van der Waals surface area (Å²) in [5.41, 5.74) is 0.333. The molecule has 1 heterocycles. The van der Waals surface area contributed by atoms with Crippen molar-refractivity contribution in [2.45, 2.75) is 4.83 Å². The molecule has 14 heavy (non-hydrogen) atoms. The summed E-state index contributed by atoms with van der Waals surface area (Å²) in [5, 5.41) is 8.53. The Kier molecular flexibility index (Phi) is 5.56. The smallest absolute Gasteiger partial charge is 0.325 e. The highest BCUT2D eigenvalue weighted by atomic mass is 79.9. The molecule has 0 fully saturated rings. The van der Waals surface area contributed by atoms with Gasteiger partial charge in [-0.25, -0.2) is 0 Å². The molecule has 0 aliphatic rings. The molecule has 1 unspecified atom stereocenters. The van der Waals surface area contributed by atoms with Crippen LogP contribution in [0, 0.1) is 0 Å². The number of carboxylic acids is 1. The molecule has 1 N–H and O–H groups in total. The first kappa shape index (κ1) is 13.2. The molecule has 76 valence electrons. The van der Waals surface area contributed by atoms with Gasteiger partial charge in [-0.2, -0.15) is 0 Å². The van der Waals surface area contributed by atoms with Crippen molar-refractivity contribution >= 4 is 44.7 Å². The van der Waals surface area contributed by atoms with Gasteiger partial charge in [0.25, 0.3) is 0 Å². The predicted octanol–water partition coefficient (Wildman–Crippen LogP) is 1.69. The van der Waals surface area contributed by atoms with Crippen molar-refractivity contribution in [3.8, 4) is 0 Å². The summed E-state index contributed by atoms with van der Waals surface area (Å²) < 4.78 is 0. The van der Waals surface area contributed by atoms with Crippen molar-refractivity contribution < 1.29 is 14.7 Å². The monoisotopic (exact) mass is 323 g/mol. The van der Waals surface area contributed by atoms with Crippen LogP contribution in [0.1, 0.15) is 10.4 Å². The third kappa shape index (κ3) is 3.19. The highest BCUT2D eigenvalue weighted by molar-refractivity contribution is 9.10. The van der Waals surface area contributed by atoms with Crippen molar-refractivity contribution in [1.29, 1.82) is 0 Å². The molecular formula is C8H7Br2NO3. The quantitative estimate of drug-likeness (QED) is 0.522. The first-order valence-corrected chi connectivity index (χ1v) is 4.35. The van der Waals surface area contributed by atoms with Gasteiger partial charge in [0.15, 0.2) is 10.6 Å². The summed E-state index contributed by atoms with van der Waals surface area (Å²) >= 11 is 2.77. The number of aliphatic carboxylic acids is 1. The summed E-state index contributed by atoms with van der Waals surface area (Å²) in [6.07, 6.45) is 2.88. The van der Waals surface area contributed by atoms with Gasteiger partial charge < -0.3 is 5.11 Å². The Hall–Kier alpha value is -0.750. The molecule has 0 aromatic carbocycles. The van der Waals surface area contributed by atoms with E-state index in [0.717, 1.165) is 0 Å². The minimum atomic E-state index is -1.19. The molecule has 1 atom stereocenters. The van der Waals surface area contributed by atoms with Gasteiger partial charge in [0.1, 0.15) is 0 Å². The Bertz CT molecular complexity index is 329. The zero-order valence-electron chi connectivity index (χ0n) is 6.88. The fraction of sp³-hybridized carbons (Fsp3) is 0.125. The maximum atomic E-state index is 11.3. The number of carbonyl (C=O) groups excluding carboxylic acids is 1. The fourth-order valence-corrected chi connectivity index (χ4v) is 1.04. The molecule has 4 nitrogen and oxygen atoms in total. The van der Waals surface area contributed by atoms with Crippen LogP contribution < -0.4 is 0 Å². The molecule has 0 saturated heterocycles. The first-order valence-electron chi connectivity index (χ1n) is 3.44. The summed E-state index contributed by atoms with van der Waals surface area (Å²) in [6.45, 7) is 0. The average Bonchev–Trinajstić information content (AvgIpc) is 2.17. The van der Waals surface area contributed by atoms with E-state index in [2.05, 4.69) is 20.9 Å². The van der Waals surface area contributed by atoms with Crippen LogP contribution in [-0.2, 0) is 4.79 Å². The minimum absolute atomic E-state index is 0. The second kappa shape index (κ2) is 5.87. The Morgan fingerprint density at radius 3 is 2.29 bits per heavy atom. The van der Waals surface area contributed by atoms with Crippen LogP contribution >= 0.6 is 32.9 Å². The first-order chi connectivity index (χ1) is 6.13. The van der Waals surface area contributed by atoms with Gasteiger partial charge in [0, 0.05) is 18.0 Å². The number of alkyl halides is 1. The number of hydrogen-bond acceptors (Lipinski definition) is 3. The molecule has 0 spiro atoms. The van der Waals surface area contributed by atoms with E-state index < -0.39 is 16.6 Å². The lowest BCUT2D eigenvalue weighted by Gasteiger charge is -2.02. The van der Waals surface area contributed by atoms with E-state index in [1.165, 1.54) is 24.5 Å². The molecule has 0 saturated carbocycles. The van der Waals surface area contributed by atoms with E-state index in [1.54, 1.807) is 0 Å². The van der Waals surface area contributed by atoms with Crippen LogP contribution in [0.3, 0.4) is 0 Å². The van der Waals surface area contributed by atoms with Crippen LogP contribution in [0.15, 0.2) is 24.5 Å². The second-order valence-corrected chi connectivity index (χ2v) is 3.22.